The van der Waals surface area contributed by atoms with Crippen molar-refractivity contribution >= 4 is 34.8 Å². The van der Waals surface area contributed by atoms with Crippen molar-refractivity contribution in [3.8, 4) is 5.75 Å². The highest BCUT2D eigenvalue weighted by molar-refractivity contribution is 6.44. The van der Waals surface area contributed by atoms with Crippen molar-refractivity contribution in [1.82, 2.24) is 0 Å². The highest BCUT2D eigenvalue weighted by atomic mass is 35.5. The lowest BCUT2D eigenvalue weighted by atomic mass is 9.99. The smallest absolute Gasteiger partial charge is 0.194 e. The first-order valence-electron chi connectivity index (χ1n) is 7.07. The zero-order chi connectivity index (χ0) is 17.1. The number of hydrogen-bond acceptors (Lipinski definition) is 3. The lowest BCUT2D eigenvalue weighted by Gasteiger charge is -2.14. The van der Waals surface area contributed by atoms with Crippen LogP contribution in [0, 0.1) is 6.92 Å². The average molecular weight is 351 g/mol. The van der Waals surface area contributed by atoms with Crippen molar-refractivity contribution in [2.24, 2.45) is 0 Å². The predicted octanol–water partition coefficient (Wildman–Crippen LogP) is 4.89. The Kier molecular flexibility index (Phi) is 5.45. The Labute approximate surface area is 145 Å². The van der Waals surface area contributed by atoms with E-state index in [0.717, 1.165) is 5.56 Å². The summed E-state index contributed by atoms with van der Waals surface area (Å²) in [6, 6.07) is 10.2. The molecule has 23 heavy (non-hydrogen) atoms. The van der Waals surface area contributed by atoms with Gasteiger partial charge < -0.3 is 4.74 Å². The second-order valence-electron chi connectivity index (χ2n) is 5.28. The second kappa shape index (κ2) is 7.16. The molecule has 0 fully saturated rings. The molecule has 0 saturated heterocycles. The number of rotatable bonds is 5. The summed E-state index contributed by atoms with van der Waals surface area (Å²) in [5.74, 6) is -0.0298. The van der Waals surface area contributed by atoms with Gasteiger partial charge in [0.2, 0.25) is 0 Å². The third-order valence-electron chi connectivity index (χ3n) is 3.52. The van der Waals surface area contributed by atoms with Crippen LogP contribution in [-0.4, -0.2) is 17.7 Å². The van der Waals surface area contributed by atoms with Crippen LogP contribution < -0.4 is 4.74 Å². The van der Waals surface area contributed by atoms with Gasteiger partial charge in [-0.25, -0.2) is 0 Å². The molecule has 120 valence electrons. The van der Waals surface area contributed by atoms with Crippen LogP contribution in [0.15, 0.2) is 36.4 Å². The summed E-state index contributed by atoms with van der Waals surface area (Å²) in [4.78, 5) is 24.1. The molecule has 3 nitrogen and oxygen atoms in total. The van der Waals surface area contributed by atoms with Gasteiger partial charge in [-0.3, -0.25) is 9.59 Å². The maximum absolute atomic E-state index is 12.7. The summed E-state index contributed by atoms with van der Waals surface area (Å²) < 4.78 is 5.52. The highest BCUT2D eigenvalue weighted by Gasteiger charge is 2.19. The van der Waals surface area contributed by atoms with E-state index in [-0.39, 0.29) is 27.2 Å². The lowest BCUT2D eigenvalue weighted by Crippen LogP contribution is -2.20. The summed E-state index contributed by atoms with van der Waals surface area (Å²) in [5, 5.41) is 0.375. The molecule has 0 amide bonds. The van der Waals surface area contributed by atoms with Gasteiger partial charge in [-0.2, -0.15) is 0 Å². The van der Waals surface area contributed by atoms with Gasteiger partial charge in [-0.1, -0.05) is 47.5 Å². The van der Waals surface area contributed by atoms with E-state index in [0.29, 0.717) is 11.3 Å². The number of ether oxygens (including phenoxy) is 1. The van der Waals surface area contributed by atoms with Crippen LogP contribution in [0.5, 0.6) is 5.75 Å². The molecule has 0 aromatic heterocycles. The number of carbonyl (C=O) groups excluding carboxylic acids is 2. The van der Waals surface area contributed by atoms with E-state index in [9.17, 15) is 9.59 Å². The van der Waals surface area contributed by atoms with Crippen LogP contribution in [0.3, 0.4) is 0 Å². The van der Waals surface area contributed by atoms with Gasteiger partial charge in [0, 0.05) is 17.2 Å². The van der Waals surface area contributed by atoms with Crippen LogP contribution >= 0.6 is 23.2 Å². The van der Waals surface area contributed by atoms with Crippen molar-refractivity contribution < 1.29 is 14.3 Å². The normalized spacial score (nSPS) is 11.9. The van der Waals surface area contributed by atoms with E-state index >= 15 is 0 Å². The van der Waals surface area contributed by atoms with Crippen molar-refractivity contribution in [3.63, 3.8) is 0 Å². The molecule has 0 radical (unpaired) electrons. The third-order valence-corrected chi connectivity index (χ3v) is 4.32. The van der Waals surface area contributed by atoms with Crippen LogP contribution in [-0.2, 0) is 4.79 Å². The number of hydrogen-bond donors (Lipinski definition) is 0. The van der Waals surface area contributed by atoms with Crippen molar-refractivity contribution in [2.75, 3.05) is 0 Å². The van der Waals surface area contributed by atoms with E-state index in [1.54, 1.807) is 19.1 Å². The number of Topliss-reactive ketones (excluding diaryl/α,β-unsaturated/α-hetero) is 1. The number of carbonyl (C=O) groups is 2. The van der Waals surface area contributed by atoms with Gasteiger partial charge in [-0.15, -0.1) is 0 Å². The fraction of sp³-hybridized carbons (Fsp3) is 0.222. The molecule has 0 spiro atoms. The average Bonchev–Trinajstić information content (AvgIpc) is 2.50. The summed E-state index contributed by atoms with van der Waals surface area (Å²) in [6.07, 6.45) is -0.631. The maximum Gasteiger partial charge on any atom is 0.194 e. The van der Waals surface area contributed by atoms with E-state index < -0.39 is 6.10 Å². The first-order chi connectivity index (χ1) is 10.8. The summed E-state index contributed by atoms with van der Waals surface area (Å²) >= 11 is 12.3. The first kappa shape index (κ1) is 17.5. The SMILES string of the molecule is CC(=O)C(C)Oc1cc(Cl)c(Cl)c(C(=O)c2ccccc2C)c1. The molecule has 0 aliphatic heterocycles. The van der Waals surface area contributed by atoms with Crippen molar-refractivity contribution in [1.29, 1.82) is 0 Å². The number of aryl methyl sites for hydroxylation is 1. The molecular formula is C18H16Cl2O3. The van der Waals surface area contributed by atoms with Gasteiger partial charge in [0.1, 0.15) is 5.75 Å². The van der Waals surface area contributed by atoms with Gasteiger partial charge in [0.05, 0.1) is 10.0 Å². The van der Waals surface area contributed by atoms with Gasteiger partial charge in [0.15, 0.2) is 17.7 Å². The lowest BCUT2D eigenvalue weighted by molar-refractivity contribution is -0.122. The Morgan fingerprint density at radius 1 is 1.09 bits per heavy atom. The Morgan fingerprint density at radius 3 is 2.35 bits per heavy atom. The van der Waals surface area contributed by atoms with Crippen LogP contribution in [0.1, 0.15) is 35.3 Å². The Balaban J connectivity index is 2.46. The molecule has 2 aromatic rings. The molecule has 0 saturated carbocycles. The van der Waals surface area contributed by atoms with E-state index in [1.165, 1.54) is 19.1 Å². The van der Waals surface area contributed by atoms with Gasteiger partial charge in [-0.05, 0) is 32.4 Å². The number of halogens is 2. The fourth-order valence-electron chi connectivity index (χ4n) is 2.06. The Bertz CT molecular complexity index is 769. The maximum atomic E-state index is 12.7. The number of benzene rings is 2. The highest BCUT2D eigenvalue weighted by Crippen LogP contribution is 2.33. The molecule has 2 rings (SSSR count). The molecule has 5 heteroatoms. The van der Waals surface area contributed by atoms with Crippen LogP contribution in [0.25, 0.3) is 0 Å². The van der Waals surface area contributed by atoms with Gasteiger partial charge >= 0.3 is 0 Å². The minimum atomic E-state index is -0.631. The topological polar surface area (TPSA) is 43.4 Å². The zero-order valence-corrected chi connectivity index (χ0v) is 14.5. The predicted molar refractivity (Wildman–Crippen MR) is 91.8 cm³/mol. The fourth-order valence-corrected chi connectivity index (χ4v) is 2.46. The van der Waals surface area contributed by atoms with Crippen molar-refractivity contribution in [2.45, 2.75) is 26.9 Å². The summed E-state index contributed by atoms with van der Waals surface area (Å²) in [6.45, 7) is 4.91. The number of ketones is 2. The molecule has 0 N–H and O–H groups in total. The largest absolute Gasteiger partial charge is 0.483 e. The molecule has 0 bridgehead atoms. The molecule has 2 aromatic carbocycles. The molecule has 0 aliphatic rings. The van der Waals surface area contributed by atoms with Crippen molar-refractivity contribution in [3.05, 3.63) is 63.1 Å². The molecule has 0 aliphatic carbocycles. The van der Waals surface area contributed by atoms with E-state index in [1.807, 2.05) is 19.1 Å². The minimum Gasteiger partial charge on any atom is -0.483 e. The Hall–Kier alpha value is -1.84. The summed E-state index contributed by atoms with van der Waals surface area (Å²) in [7, 11) is 0. The molecular weight excluding hydrogens is 335 g/mol. The van der Waals surface area contributed by atoms with Gasteiger partial charge in [0.25, 0.3) is 0 Å². The Morgan fingerprint density at radius 2 is 1.74 bits per heavy atom. The molecule has 1 unspecified atom stereocenters. The third kappa shape index (κ3) is 3.92. The second-order valence-corrected chi connectivity index (χ2v) is 6.07. The van der Waals surface area contributed by atoms with E-state index in [4.69, 9.17) is 27.9 Å². The molecule has 0 heterocycles. The zero-order valence-electron chi connectivity index (χ0n) is 13.0. The first-order valence-corrected chi connectivity index (χ1v) is 7.83. The standard InChI is InChI=1S/C18H16Cl2O3/c1-10-6-4-5-7-14(10)18(22)15-8-13(9-16(19)17(15)20)23-12(3)11(2)21/h4-9,12H,1-3H3. The summed E-state index contributed by atoms with van der Waals surface area (Å²) in [5.41, 5.74) is 1.63. The minimum absolute atomic E-state index is 0.122. The quantitative estimate of drug-likeness (QED) is 0.721. The van der Waals surface area contributed by atoms with Crippen LogP contribution in [0.2, 0.25) is 10.0 Å². The van der Waals surface area contributed by atoms with E-state index in [2.05, 4.69) is 0 Å². The monoisotopic (exact) mass is 350 g/mol. The van der Waals surface area contributed by atoms with Crippen LogP contribution in [0.4, 0.5) is 0 Å². The molecule has 1 atom stereocenters.